The second kappa shape index (κ2) is 9.55. The molecule has 8 nitrogen and oxygen atoms in total. The van der Waals surface area contributed by atoms with E-state index in [1.54, 1.807) is 14.0 Å². The molecule has 0 bridgehead atoms. The van der Waals surface area contributed by atoms with Crippen LogP contribution in [0.25, 0.3) is 0 Å². The summed E-state index contributed by atoms with van der Waals surface area (Å²) in [5.74, 6) is 2.60. The van der Waals surface area contributed by atoms with Crippen LogP contribution >= 0.6 is 24.0 Å². The SMILES string of the molecule is CN=C(NCc1noc(C)n1)N1CC(CCN2CCCC2=O)c2ccccc21.I. The number of nitrogens with zero attached hydrogens (tertiary/aromatic N) is 5. The van der Waals surface area contributed by atoms with E-state index in [9.17, 15) is 4.79 Å². The molecule has 1 N–H and O–H groups in total. The third-order valence-corrected chi connectivity index (χ3v) is 5.43. The topological polar surface area (TPSA) is 86.9 Å². The van der Waals surface area contributed by atoms with Crippen molar-refractivity contribution in [3.05, 3.63) is 41.5 Å². The molecule has 9 heteroatoms. The first kappa shape index (κ1) is 21.5. The lowest BCUT2D eigenvalue weighted by atomic mass is 9.98. The normalized spacial score (nSPS) is 18.8. The molecule has 1 fully saturated rings. The number of anilines is 1. The summed E-state index contributed by atoms with van der Waals surface area (Å²) >= 11 is 0. The molecule has 2 aliphatic rings. The van der Waals surface area contributed by atoms with Gasteiger partial charge in [-0.1, -0.05) is 23.4 Å². The van der Waals surface area contributed by atoms with Crippen LogP contribution in [0.15, 0.2) is 33.8 Å². The Morgan fingerprint density at radius 3 is 2.90 bits per heavy atom. The molecule has 4 rings (SSSR count). The number of amides is 1. The molecule has 1 aromatic carbocycles. The average Bonchev–Trinajstić information content (AvgIpc) is 3.40. The van der Waals surface area contributed by atoms with Crippen molar-refractivity contribution < 1.29 is 9.32 Å². The van der Waals surface area contributed by atoms with Crippen LogP contribution in [0.1, 0.15) is 42.5 Å². The van der Waals surface area contributed by atoms with Crippen LogP contribution < -0.4 is 10.2 Å². The van der Waals surface area contributed by atoms with Gasteiger partial charge in [-0.2, -0.15) is 4.98 Å². The fourth-order valence-electron chi connectivity index (χ4n) is 4.06. The summed E-state index contributed by atoms with van der Waals surface area (Å²) in [4.78, 5) is 24.8. The van der Waals surface area contributed by atoms with Crippen LogP contribution in [0, 0.1) is 6.92 Å². The van der Waals surface area contributed by atoms with E-state index in [1.165, 1.54) is 5.56 Å². The van der Waals surface area contributed by atoms with E-state index in [1.807, 2.05) is 11.0 Å². The van der Waals surface area contributed by atoms with E-state index in [0.29, 0.717) is 30.6 Å². The highest BCUT2D eigenvalue weighted by Crippen LogP contribution is 2.38. The third kappa shape index (κ3) is 4.71. The lowest BCUT2D eigenvalue weighted by molar-refractivity contribution is -0.127. The number of para-hydroxylation sites is 1. The summed E-state index contributed by atoms with van der Waals surface area (Å²) in [6, 6.07) is 8.44. The van der Waals surface area contributed by atoms with Crippen LogP contribution in [0.5, 0.6) is 0 Å². The smallest absolute Gasteiger partial charge is 0.223 e. The number of halogens is 1. The number of guanidine groups is 1. The van der Waals surface area contributed by atoms with Crippen molar-refractivity contribution in [1.82, 2.24) is 20.4 Å². The molecule has 156 valence electrons. The maximum Gasteiger partial charge on any atom is 0.223 e. The van der Waals surface area contributed by atoms with Crippen LogP contribution in [0.2, 0.25) is 0 Å². The summed E-state index contributed by atoms with van der Waals surface area (Å²) in [6.07, 6.45) is 2.64. The first-order valence-corrected chi connectivity index (χ1v) is 9.80. The number of aliphatic imine (C=N–C) groups is 1. The van der Waals surface area contributed by atoms with Crippen LogP contribution in [0.4, 0.5) is 5.69 Å². The third-order valence-electron chi connectivity index (χ3n) is 5.43. The van der Waals surface area contributed by atoms with Crippen LogP contribution in [-0.4, -0.2) is 53.6 Å². The van der Waals surface area contributed by atoms with Gasteiger partial charge >= 0.3 is 0 Å². The number of nitrogens with one attached hydrogen (secondary N) is 1. The molecule has 1 aromatic heterocycles. The van der Waals surface area contributed by atoms with Gasteiger partial charge in [0.05, 0.1) is 6.54 Å². The molecule has 0 aliphatic carbocycles. The van der Waals surface area contributed by atoms with E-state index >= 15 is 0 Å². The molecule has 0 saturated carbocycles. The van der Waals surface area contributed by atoms with Gasteiger partial charge in [-0.25, -0.2) is 0 Å². The summed E-state index contributed by atoms with van der Waals surface area (Å²) < 4.78 is 5.03. The first-order chi connectivity index (χ1) is 13.7. The highest BCUT2D eigenvalue weighted by atomic mass is 127. The minimum absolute atomic E-state index is 0. The summed E-state index contributed by atoms with van der Waals surface area (Å²) in [5, 5.41) is 7.26. The Morgan fingerprint density at radius 2 is 2.21 bits per heavy atom. The van der Waals surface area contributed by atoms with E-state index in [2.05, 4.69) is 43.5 Å². The number of rotatable bonds is 5. The van der Waals surface area contributed by atoms with Gasteiger partial charge in [0.2, 0.25) is 11.8 Å². The van der Waals surface area contributed by atoms with Crippen LogP contribution in [0.3, 0.4) is 0 Å². The van der Waals surface area contributed by atoms with Crippen molar-refractivity contribution in [3.63, 3.8) is 0 Å². The molecule has 1 amide bonds. The number of fused-ring (bicyclic) bond motifs is 1. The van der Waals surface area contributed by atoms with Gasteiger partial charge in [0.15, 0.2) is 11.8 Å². The number of carbonyl (C=O) groups excluding carboxylic acids is 1. The summed E-state index contributed by atoms with van der Waals surface area (Å²) in [7, 11) is 1.78. The fourth-order valence-corrected chi connectivity index (χ4v) is 4.06. The molecule has 1 unspecified atom stereocenters. The highest BCUT2D eigenvalue weighted by molar-refractivity contribution is 14.0. The lowest BCUT2D eigenvalue weighted by Gasteiger charge is -2.23. The Balaban J connectivity index is 0.00000240. The van der Waals surface area contributed by atoms with E-state index in [-0.39, 0.29) is 29.9 Å². The summed E-state index contributed by atoms with van der Waals surface area (Å²) in [5.41, 5.74) is 2.48. The zero-order valence-electron chi connectivity index (χ0n) is 16.8. The van der Waals surface area contributed by atoms with Crippen LogP contribution in [-0.2, 0) is 11.3 Å². The first-order valence-electron chi connectivity index (χ1n) is 9.80. The Bertz CT molecular complexity index is 883. The standard InChI is InChI=1S/C20H26N6O2.HI/c1-14-23-18(24-28-14)12-22-20(21-2)26-13-15(16-6-3-4-7-17(16)26)9-11-25-10-5-8-19(25)27;/h3-4,6-7,15H,5,8-13H2,1-2H3,(H,21,22);1H. The van der Waals surface area contributed by atoms with Gasteiger partial charge in [-0.15, -0.1) is 24.0 Å². The number of hydrogen-bond donors (Lipinski definition) is 1. The second-order valence-electron chi connectivity index (χ2n) is 7.27. The fraction of sp³-hybridized carbons (Fsp3) is 0.500. The number of carbonyl (C=O) groups is 1. The van der Waals surface area contributed by atoms with Crippen molar-refractivity contribution in [2.45, 2.75) is 38.6 Å². The molecule has 29 heavy (non-hydrogen) atoms. The zero-order valence-corrected chi connectivity index (χ0v) is 19.1. The minimum Gasteiger partial charge on any atom is -0.349 e. The number of benzene rings is 1. The van der Waals surface area contributed by atoms with E-state index in [4.69, 9.17) is 4.52 Å². The number of hydrogen-bond acceptors (Lipinski definition) is 5. The average molecular weight is 510 g/mol. The largest absolute Gasteiger partial charge is 0.349 e. The van der Waals surface area contributed by atoms with E-state index < -0.39 is 0 Å². The van der Waals surface area contributed by atoms with Gasteiger partial charge < -0.3 is 19.6 Å². The monoisotopic (exact) mass is 510 g/mol. The second-order valence-corrected chi connectivity index (χ2v) is 7.27. The van der Waals surface area contributed by atoms with Crippen molar-refractivity contribution in [1.29, 1.82) is 0 Å². The van der Waals surface area contributed by atoms with Crippen molar-refractivity contribution in [2.75, 3.05) is 31.6 Å². The molecule has 0 radical (unpaired) electrons. The number of aryl methyl sites for hydroxylation is 1. The quantitative estimate of drug-likeness (QED) is 0.378. The molecule has 2 aliphatic heterocycles. The lowest BCUT2D eigenvalue weighted by Crippen LogP contribution is -2.41. The molecule has 1 atom stereocenters. The predicted octanol–water partition coefficient (Wildman–Crippen LogP) is 2.69. The maximum atomic E-state index is 11.9. The highest BCUT2D eigenvalue weighted by Gasteiger charge is 2.32. The number of likely N-dealkylation sites (tertiary alicyclic amines) is 1. The maximum absolute atomic E-state index is 11.9. The van der Waals surface area contributed by atoms with Gasteiger partial charge in [0, 0.05) is 51.6 Å². The molecular formula is C20H27IN6O2. The minimum atomic E-state index is 0. The van der Waals surface area contributed by atoms with Gasteiger partial charge in [0.25, 0.3) is 0 Å². The number of aromatic nitrogens is 2. The molecular weight excluding hydrogens is 483 g/mol. The predicted molar refractivity (Wildman–Crippen MR) is 122 cm³/mol. The Hall–Kier alpha value is -2.17. The van der Waals surface area contributed by atoms with E-state index in [0.717, 1.165) is 44.1 Å². The molecule has 2 aromatic rings. The molecule has 3 heterocycles. The Morgan fingerprint density at radius 1 is 1.38 bits per heavy atom. The van der Waals surface area contributed by atoms with Crippen molar-refractivity contribution >= 4 is 41.5 Å². The van der Waals surface area contributed by atoms with Gasteiger partial charge in [-0.3, -0.25) is 9.79 Å². The zero-order chi connectivity index (χ0) is 19.5. The Labute approximate surface area is 187 Å². The van der Waals surface area contributed by atoms with Crippen molar-refractivity contribution in [2.24, 2.45) is 4.99 Å². The summed E-state index contributed by atoms with van der Waals surface area (Å²) in [6.45, 7) is 4.78. The van der Waals surface area contributed by atoms with Crippen molar-refractivity contribution in [3.8, 4) is 0 Å². The molecule has 0 spiro atoms. The molecule has 1 saturated heterocycles. The van der Waals surface area contributed by atoms with Gasteiger partial charge in [-0.05, 0) is 24.5 Å². The Kier molecular flexibility index (Phi) is 7.09. The van der Waals surface area contributed by atoms with Gasteiger partial charge in [0.1, 0.15) is 0 Å².